The minimum atomic E-state index is -0.956. The quantitative estimate of drug-likeness (QED) is 0.596. The van der Waals surface area contributed by atoms with Gasteiger partial charge in [0.25, 0.3) is 5.91 Å². The van der Waals surface area contributed by atoms with E-state index in [4.69, 9.17) is 20.8 Å². The van der Waals surface area contributed by atoms with E-state index in [1.54, 1.807) is 4.90 Å². The summed E-state index contributed by atoms with van der Waals surface area (Å²) in [6.45, 7) is 0.539. The van der Waals surface area contributed by atoms with Crippen molar-refractivity contribution in [2.45, 2.75) is 18.8 Å². The number of carbonyl (C=O) groups is 2. The largest absolute Gasteiger partial charge is 0.452 e. The Morgan fingerprint density at radius 2 is 1.93 bits per heavy atom. The number of carbonyl (C=O) groups excluding carboxylic acids is 2. The molecule has 6 nitrogen and oxygen atoms in total. The van der Waals surface area contributed by atoms with Gasteiger partial charge in [0.05, 0.1) is 5.02 Å². The summed E-state index contributed by atoms with van der Waals surface area (Å²) >= 11 is 5.84. The highest BCUT2D eigenvalue weighted by Gasteiger charge is 2.28. The van der Waals surface area contributed by atoms with Crippen molar-refractivity contribution >= 4 is 34.6 Å². The lowest BCUT2D eigenvalue weighted by molar-refractivity contribution is -0.135. The number of aromatic nitrogens is 1. The first-order valence-corrected chi connectivity index (χ1v) is 9.65. The van der Waals surface area contributed by atoms with E-state index in [2.05, 4.69) is 4.98 Å². The van der Waals surface area contributed by atoms with Crippen LogP contribution in [-0.4, -0.2) is 41.5 Å². The maximum absolute atomic E-state index is 13.8. The molecule has 1 amide bonds. The maximum Gasteiger partial charge on any atom is 0.343 e. The van der Waals surface area contributed by atoms with Crippen LogP contribution in [-0.2, 0) is 9.53 Å². The van der Waals surface area contributed by atoms with Crippen molar-refractivity contribution in [2.75, 3.05) is 19.7 Å². The number of piperidine rings is 1. The number of halogens is 2. The van der Waals surface area contributed by atoms with Gasteiger partial charge >= 0.3 is 5.97 Å². The summed E-state index contributed by atoms with van der Waals surface area (Å²) in [5.41, 5.74) is 1.20. The van der Waals surface area contributed by atoms with E-state index < -0.39 is 18.4 Å². The van der Waals surface area contributed by atoms with Gasteiger partial charge in [-0.1, -0.05) is 29.8 Å². The van der Waals surface area contributed by atoms with E-state index in [-0.39, 0.29) is 22.4 Å². The molecule has 0 aliphatic carbocycles. The summed E-state index contributed by atoms with van der Waals surface area (Å²) in [5, 5.41) is -0.0541. The summed E-state index contributed by atoms with van der Waals surface area (Å²) in [5.74, 6) is -1.26. The third kappa shape index (κ3) is 4.10. The average molecular weight is 417 g/mol. The first-order chi connectivity index (χ1) is 14.0. The number of rotatable bonds is 4. The van der Waals surface area contributed by atoms with Crippen molar-refractivity contribution in [1.29, 1.82) is 0 Å². The van der Waals surface area contributed by atoms with Crippen LogP contribution < -0.4 is 0 Å². The highest BCUT2D eigenvalue weighted by Crippen LogP contribution is 2.30. The number of benzene rings is 2. The molecule has 150 valence electrons. The number of oxazole rings is 1. The smallest absolute Gasteiger partial charge is 0.343 e. The number of para-hydroxylation sites is 2. The fraction of sp³-hybridized carbons (Fsp3) is 0.286. The number of likely N-dealkylation sites (tertiary alicyclic amines) is 1. The monoisotopic (exact) mass is 416 g/mol. The van der Waals surface area contributed by atoms with Crippen molar-refractivity contribution in [2.24, 2.45) is 0 Å². The first-order valence-electron chi connectivity index (χ1n) is 9.27. The Bertz CT molecular complexity index is 1010. The van der Waals surface area contributed by atoms with E-state index in [9.17, 15) is 14.0 Å². The summed E-state index contributed by atoms with van der Waals surface area (Å²) in [7, 11) is 0. The Kier molecular flexibility index (Phi) is 5.49. The van der Waals surface area contributed by atoms with Gasteiger partial charge in [0.1, 0.15) is 16.9 Å². The van der Waals surface area contributed by atoms with Gasteiger partial charge in [-0.25, -0.2) is 14.2 Å². The molecule has 1 fully saturated rings. The molecule has 0 spiro atoms. The van der Waals surface area contributed by atoms with Crippen molar-refractivity contribution in [3.63, 3.8) is 0 Å². The number of esters is 1. The Labute approximate surface area is 171 Å². The van der Waals surface area contributed by atoms with Crippen LogP contribution in [0, 0.1) is 5.82 Å². The lowest BCUT2D eigenvalue weighted by atomic mass is 9.97. The van der Waals surface area contributed by atoms with E-state index >= 15 is 0 Å². The molecule has 0 saturated carbocycles. The van der Waals surface area contributed by atoms with Gasteiger partial charge in [0.2, 0.25) is 0 Å². The van der Waals surface area contributed by atoms with E-state index in [0.29, 0.717) is 31.8 Å². The third-order valence-corrected chi connectivity index (χ3v) is 5.32. The SMILES string of the molecule is O=C(OCC(=O)N1CCC(c2nc3ccccc3o2)CC1)c1c(F)cccc1Cl. The second kappa shape index (κ2) is 8.21. The number of nitrogens with zero attached hydrogens (tertiary/aromatic N) is 2. The van der Waals surface area contributed by atoms with Gasteiger partial charge in [-0.15, -0.1) is 0 Å². The molecule has 8 heteroatoms. The number of hydrogen-bond donors (Lipinski definition) is 0. The standard InChI is InChI=1S/C21H18ClFN2O4/c22-14-4-3-5-15(23)19(14)21(27)28-12-18(26)25-10-8-13(9-11-25)20-24-16-6-1-2-7-17(16)29-20/h1-7,13H,8-12H2. The van der Waals surface area contributed by atoms with Crippen LogP contribution in [0.5, 0.6) is 0 Å². The molecular formula is C21H18ClFN2O4. The minimum Gasteiger partial charge on any atom is -0.452 e. The molecule has 0 unspecified atom stereocenters. The molecule has 2 aromatic carbocycles. The fourth-order valence-corrected chi connectivity index (χ4v) is 3.66. The average Bonchev–Trinajstić information content (AvgIpc) is 3.16. The highest BCUT2D eigenvalue weighted by molar-refractivity contribution is 6.33. The van der Waals surface area contributed by atoms with Crippen LogP contribution in [0.3, 0.4) is 0 Å². The van der Waals surface area contributed by atoms with E-state index in [0.717, 1.165) is 17.2 Å². The van der Waals surface area contributed by atoms with Gasteiger partial charge in [-0.2, -0.15) is 0 Å². The summed E-state index contributed by atoms with van der Waals surface area (Å²) in [6.07, 6.45) is 1.40. The Hall–Kier alpha value is -2.93. The van der Waals surface area contributed by atoms with Crippen LogP contribution in [0.4, 0.5) is 4.39 Å². The zero-order valence-corrected chi connectivity index (χ0v) is 16.2. The molecule has 3 aromatic rings. The number of ether oxygens (including phenoxy) is 1. The van der Waals surface area contributed by atoms with Crippen LogP contribution in [0.2, 0.25) is 5.02 Å². The Balaban J connectivity index is 1.31. The molecular weight excluding hydrogens is 399 g/mol. The number of hydrogen-bond acceptors (Lipinski definition) is 5. The molecule has 0 atom stereocenters. The van der Waals surface area contributed by atoms with Gasteiger partial charge in [-0.3, -0.25) is 4.79 Å². The maximum atomic E-state index is 13.8. The Morgan fingerprint density at radius 3 is 2.66 bits per heavy atom. The molecule has 0 radical (unpaired) electrons. The van der Waals surface area contributed by atoms with Crippen molar-refractivity contribution in [3.8, 4) is 0 Å². The first kappa shape index (κ1) is 19.4. The summed E-state index contributed by atoms with van der Waals surface area (Å²) in [6, 6.07) is 11.5. The molecule has 1 aliphatic heterocycles. The molecule has 1 saturated heterocycles. The molecule has 1 aromatic heterocycles. The number of amides is 1. The van der Waals surface area contributed by atoms with E-state index in [1.165, 1.54) is 12.1 Å². The van der Waals surface area contributed by atoms with Crippen molar-refractivity contribution in [1.82, 2.24) is 9.88 Å². The zero-order valence-electron chi connectivity index (χ0n) is 15.4. The fourth-order valence-electron chi connectivity index (χ4n) is 3.42. The van der Waals surface area contributed by atoms with Crippen LogP contribution in [0.25, 0.3) is 11.1 Å². The normalized spacial score (nSPS) is 14.9. The second-order valence-corrected chi connectivity index (χ2v) is 7.25. The molecule has 0 bridgehead atoms. The molecule has 29 heavy (non-hydrogen) atoms. The summed E-state index contributed by atoms with van der Waals surface area (Å²) < 4.78 is 24.6. The third-order valence-electron chi connectivity index (χ3n) is 5.00. The van der Waals surface area contributed by atoms with Crippen molar-refractivity contribution in [3.05, 3.63) is 64.8 Å². The predicted octanol–water partition coefficient (Wildman–Crippen LogP) is 4.18. The van der Waals surface area contributed by atoms with Gasteiger partial charge in [0.15, 0.2) is 18.1 Å². The summed E-state index contributed by atoms with van der Waals surface area (Å²) in [4.78, 5) is 30.6. The highest BCUT2D eigenvalue weighted by atomic mass is 35.5. The second-order valence-electron chi connectivity index (χ2n) is 6.85. The topological polar surface area (TPSA) is 72.6 Å². The lowest BCUT2D eigenvalue weighted by Crippen LogP contribution is -2.40. The van der Waals surface area contributed by atoms with Crippen LogP contribution in [0.15, 0.2) is 46.9 Å². The minimum absolute atomic E-state index is 0.0541. The van der Waals surface area contributed by atoms with Crippen molar-refractivity contribution < 1.29 is 23.1 Å². The zero-order chi connectivity index (χ0) is 20.4. The van der Waals surface area contributed by atoms with Crippen LogP contribution in [0.1, 0.15) is 35.0 Å². The lowest BCUT2D eigenvalue weighted by Gasteiger charge is -2.30. The molecule has 1 aliphatic rings. The van der Waals surface area contributed by atoms with Crippen LogP contribution >= 0.6 is 11.6 Å². The van der Waals surface area contributed by atoms with Gasteiger partial charge in [0, 0.05) is 19.0 Å². The Morgan fingerprint density at radius 1 is 1.17 bits per heavy atom. The molecule has 0 N–H and O–H groups in total. The van der Waals surface area contributed by atoms with Gasteiger partial charge < -0.3 is 14.1 Å². The number of fused-ring (bicyclic) bond motifs is 1. The van der Waals surface area contributed by atoms with Gasteiger partial charge in [-0.05, 0) is 37.1 Å². The predicted molar refractivity (Wildman–Crippen MR) is 104 cm³/mol. The van der Waals surface area contributed by atoms with E-state index in [1.807, 2.05) is 24.3 Å². The molecule has 2 heterocycles. The molecule has 4 rings (SSSR count).